The molecule has 204 valence electrons. The predicted octanol–water partition coefficient (Wildman–Crippen LogP) is -1.10. The zero-order chi connectivity index (χ0) is 27.6. The quantitative estimate of drug-likeness (QED) is 0.101. The molecule has 2 atom stereocenters. The summed E-state index contributed by atoms with van der Waals surface area (Å²) in [4.78, 5) is 47.6. The van der Waals surface area contributed by atoms with Crippen molar-refractivity contribution in [3.05, 3.63) is 22.1 Å². The number of anilines is 1. The fraction of sp³-hybridized carbons (Fsp3) is 0.412. The average Bonchev–Trinajstić information content (AvgIpc) is 3.50. The number of sulfonamides is 1. The topological polar surface area (TPSA) is 232 Å². The number of carbonyl (C=O) groups is 3. The van der Waals surface area contributed by atoms with Gasteiger partial charge in [0.2, 0.25) is 21.6 Å². The van der Waals surface area contributed by atoms with Crippen LogP contribution in [0.15, 0.2) is 20.8 Å². The van der Waals surface area contributed by atoms with Crippen molar-refractivity contribution < 1.29 is 32.7 Å². The van der Waals surface area contributed by atoms with E-state index in [1.165, 1.54) is 42.0 Å². The highest BCUT2D eigenvalue weighted by Gasteiger charge is 2.54. The summed E-state index contributed by atoms with van der Waals surface area (Å²) in [5.41, 5.74) is 5.64. The Morgan fingerprint density at radius 3 is 2.76 bits per heavy atom. The second kappa shape index (κ2) is 11.5. The normalized spacial score (nSPS) is 19.7. The SMILES string of the molecule is CON=C(C(=O)NC1C(=O)N2C(C(=O)O)=C(CSc3nnc(CNS(C)(=O)=O)s3)CS[C@H]12)c1nsc(N)n1. The van der Waals surface area contributed by atoms with E-state index in [2.05, 4.69) is 34.7 Å². The molecule has 0 saturated carbocycles. The van der Waals surface area contributed by atoms with Crippen molar-refractivity contribution >= 4 is 85.0 Å². The van der Waals surface area contributed by atoms with Crippen LogP contribution in [0, 0.1) is 0 Å². The van der Waals surface area contributed by atoms with Gasteiger partial charge in [-0.2, -0.15) is 9.36 Å². The van der Waals surface area contributed by atoms with Crippen molar-refractivity contribution in [2.24, 2.45) is 5.16 Å². The van der Waals surface area contributed by atoms with Crippen molar-refractivity contribution in [3.63, 3.8) is 0 Å². The smallest absolute Gasteiger partial charge is 0.352 e. The Balaban J connectivity index is 1.43. The molecule has 38 heavy (non-hydrogen) atoms. The van der Waals surface area contributed by atoms with E-state index in [0.717, 1.165) is 22.7 Å². The van der Waals surface area contributed by atoms with Gasteiger partial charge in [0.05, 0.1) is 12.8 Å². The molecule has 2 aromatic heterocycles. The number of hydrogen-bond acceptors (Lipinski definition) is 16. The van der Waals surface area contributed by atoms with Crippen LogP contribution in [0.5, 0.6) is 0 Å². The molecule has 2 aliphatic heterocycles. The minimum Gasteiger partial charge on any atom is -0.477 e. The minimum absolute atomic E-state index is 0.00419. The van der Waals surface area contributed by atoms with E-state index in [4.69, 9.17) is 10.6 Å². The van der Waals surface area contributed by atoms with E-state index in [-0.39, 0.29) is 34.7 Å². The molecule has 2 aromatic rings. The number of carbonyl (C=O) groups excluding carboxylic acids is 2. The second-order valence-electron chi connectivity index (χ2n) is 7.54. The zero-order valence-electron chi connectivity index (χ0n) is 19.5. The Labute approximate surface area is 231 Å². The van der Waals surface area contributed by atoms with Crippen LogP contribution in [-0.4, -0.2) is 97.8 Å². The maximum absolute atomic E-state index is 12.9. The first-order chi connectivity index (χ1) is 18.0. The number of fused-ring (bicyclic) bond motifs is 1. The van der Waals surface area contributed by atoms with Gasteiger partial charge in [-0.05, 0) is 5.57 Å². The molecular weight excluding hydrogens is 603 g/mol. The number of nitrogen functional groups attached to an aromatic ring is 1. The first-order valence-corrected chi connectivity index (χ1v) is 15.8. The van der Waals surface area contributed by atoms with Crippen LogP contribution in [0.4, 0.5) is 5.13 Å². The maximum Gasteiger partial charge on any atom is 0.352 e. The Morgan fingerprint density at radius 2 is 2.13 bits per heavy atom. The molecule has 0 spiro atoms. The summed E-state index contributed by atoms with van der Waals surface area (Å²) in [5.74, 6) is -2.20. The number of nitrogens with one attached hydrogen (secondary N) is 2. The van der Waals surface area contributed by atoms with Gasteiger partial charge in [-0.25, -0.2) is 17.9 Å². The highest BCUT2D eigenvalue weighted by atomic mass is 32.2. The van der Waals surface area contributed by atoms with Crippen LogP contribution in [-0.2, 0) is 35.8 Å². The fourth-order valence-corrected chi connectivity index (χ4v) is 7.57. The van der Waals surface area contributed by atoms with Gasteiger partial charge < -0.3 is 21.0 Å². The van der Waals surface area contributed by atoms with E-state index >= 15 is 0 Å². The van der Waals surface area contributed by atoms with Crippen LogP contribution in [0.2, 0.25) is 0 Å². The molecule has 0 radical (unpaired) electrons. The third kappa shape index (κ3) is 6.23. The van der Waals surface area contributed by atoms with Gasteiger partial charge in [-0.15, -0.1) is 22.0 Å². The van der Waals surface area contributed by atoms with Gasteiger partial charge in [0.25, 0.3) is 11.8 Å². The lowest BCUT2D eigenvalue weighted by molar-refractivity contribution is -0.150. The zero-order valence-corrected chi connectivity index (χ0v) is 23.6. The van der Waals surface area contributed by atoms with E-state index in [0.29, 0.717) is 20.7 Å². The number of oxime groups is 1. The lowest BCUT2D eigenvalue weighted by Crippen LogP contribution is -2.71. The van der Waals surface area contributed by atoms with Gasteiger partial charge in [0.15, 0.2) is 9.47 Å². The summed E-state index contributed by atoms with van der Waals surface area (Å²) in [5, 5.41) is 23.9. The maximum atomic E-state index is 12.9. The number of aliphatic carboxylic acids is 1. The van der Waals surface area contributed by atoms with Gasteiger partial charge in [0, 0.05) is 23.0 Å². The molecule has 4 rings (SSSR count). The molecule has 1 fully saturated rings. The molecular formula is C17H19N9O7S5. The van der Waals surface area contributed by atoms with Gasteiger partial charge in [-0.3, -0.25) is 14.5 Å². The number of amides is 2. The molecule has 4 heterocycles. The molecule has 0 bridgehead atoms. The van der Waals surface area contributed by atoms with Crippen molar-refractivity contribution in [1.29, 1.82) is 0 Å². The second-order valence-corrected chi connectivity index (χ2v) is 13.5. The number of hydrogen-bond donors (Lipinski definition) is 4. The number of rotatable bonds is 11. The largest absolute Gasteiger partial charge is 0.477 e. The first kappa shape index (κ1) is 28.2. The number of carboxylic acid groups (broad SMARTS) is 1. The summed E-state index contributed by atoms with van der Waals surface area (Å²) in [6.07, 6.45) is 1.03. The monoisotopic (exact) mass is 621 g/mol. The summed E-state index contributed by atoms with van der Waals surface area (Å²) < 4.78 is 29.3. The Hall–Kier alpha value is -2.85. The van der Waals surface area contributed by atoms with Crippen molar-refractivity contribution in [2.75, 3.05) is 30.6 Å². The van der Waals surface area contributed by atoms with Crippen LogP contribution >= 0.6 is 46.4 Å². The van der Waals surface area contributed by atoms with E-state index in [9.17, 15) is 27.9 Å². The third-order valence-corrected chi connectivity index (χ3v) is 9.59. The number of thioether (sulfide) groups is 2. The van der Waals surface area contributed by atoms with E-state index in [1.54, 1.807) is 0 Å². The molecule has 16 nitrogen and oxygen atoms in total. The molecule has 5 N–H and O–H groups in total. The molecule has 0 aliphatic carbocycles. The Morgan fingerprint density at radius 1 is 1.37 bits per heavy atom. The van der Waals surface area contributed by atoms with Crippen molar-refractivity contribution in [1.82, 2.24) is 34.5 Å². The number of carboxylic acids is 1. The molecule has 1 saturated heterocycles. The first-order valence-electron chi connectivity index (χ1n) is 10.3. The fourth-order valence-electron chi connectivity index (χ4n) is 3.32. The number of β-lactam (4-membered cyclic amide) rings is 1. The predicted molar refractivity (Wildman–Crippen MR) is 140 cm³/mol. The van der Waals surface area contributed by atoms with Crippen LogP contribution in [0.3, 0.4) is 0 Å². The van der Waals surface area contributed by atoms with Gasteiger partial charge in [0.1, 0.15) is 29.2 Å². The van der Waals surface area contributed by atoms with E-state index in [1.807, 2.05) is 0 Å². The standard InChI is InChI=1S/C17H19N9O7S5/c1-33-24-8(11-21-16(18)37-25-11)12(27)20-9-13(28)26-10(15(29)30)6(4-34-14(9)26)5-35-17-23-22-7(36-17)3-19-38(2,31)32/h9,14,19H,3-5H2,1-2H3,(H,20,27)(H,29,30)(H2,18,21,25)/t9?,14-/m1/s1. The van der Waals surface area contributed by atoms with E-state index < -0.39 is 39.2 Å². The van der Waals surface area contributed by atoms with Crippen molar-refractivity contribution in [3.8, 4) is 0 Å². The molecule has 2 amide bonds. The minimum atomic E-state index is -3.38. The molecule has 1 unspecified atom stereocenters. The highest BCUT2D eigenvalue weighted by molar-refractivity contribution is 8.01. The van der Waals surface area contributed by atoms with Gasteiger partial charge in [-0.1, -0.05) is 28.3 Å². The van der Waals surface area contributed by atoms with Crippen LogP contribution in [0.25, 0.3) is 0 Å². The van der Waals surface area contributed by atoms with Crippen molar-refractivity contribution in [2.45, 2.75) is 22.3 Å². The Bertz CT molecular complexity index is 1440. The number of nitrogens with zero attached hydrogens (tertiary/aromatic N) is 6. The molecule has 0 aromatic carbocycles. The average molecular weight is 622 g/mol. The lowest BCUT2D eigenvalue weighted by Gasteiger charge is -2.49. The third-order valence-electron chi connectivity index (χ3n) is 4.89. The number of aromatic nitrogens is 4. The molecule has 21 heteroatoms. The Kier molecular flexibility index (Phi) is 8.52. The van der Waals surface area contributed by atoms with Gasteiger partial charge >= 0.3 is 5.97 Å². The summed E-state index contributed by atoms with van der Waals surface area (Å²) >= 11 is 4.55. The lowest BCUT2D eigenvalue weighted by atomic mass is 10.0. The highest BCUT2D eigenvalue weighted by Crippen LogP contribution is 2.41. The molecule has 2 aliphatic rings. The summed E-state index contributed by atoms with van der Waals surface area (Å²) in [6, 6.07) is -0.998. The summed E-state index contributed by atoms with van der Waals surface area (Å²) in [7, 11) is -2.15. The van der Waals surface area contributed by atoms with Crippen LogP contribution < -0.4 is 15.8 Å². The summed E-state index contributed by atoms with van der Waals surface area (Å²) in [6.45, 7) is -0.00419. The van der Waals surface area contributed by atoms with Crippen LogP contribution in [0.1, 0.15) is 10.8 Å². The number of nitrogens with two attached hydrogens (primary N) is 1.